The van der Waals surface area contributed by atoms with Gasteiger partial charge in [-0.2, -0.15) is 5.10 Å². The van der Waals surface area contributed by atoms with Gasteiger partial charge in [-0.15, -0.1) is 11.3 Å². The molecule has 0 fully saturated rings. The molecule has 0 saturated heterocycles. The third-order valence-corrected chi connectivity index (χ3v) is 5.99. The molecule has 0 aliphatic carbocycles. The quantitative estimate of drug-likeness (QED) is 0.660. The van der Waals surface area contributed by atoms with E-state index in [1.54, 1.807) is 32.2 Å². The number of methoxy groups -OCH3 is 1. The van der Waals surface area contributed by atoms with Crippen LogP contribution >= 0.6 is 11.3 Å². The molecule has 10 heteroatoms. The molecular formula is C14H16N4O4S2. The van der Waals surface area contributed by atoms with E-state index in [-0.39, 0.29) is 11.4 Å². The van der Waals surface area contributed by atoms with Gasteiger partial charge in [0.2, 0.25) is 10.0 Å². The molecular weight excluding hydrogens is 352 g/mol. The standard InChI is InChI=1S/C14H16N4O4S2/c1-9-14(6-13(23-9)12-3-4-15-22-12)24(19,20)16-7-10-5-11(8-21-2)18-17-10/h3-6,16H,7-8H2,1-2H3,(H,17,18). The van der Waals surface area contributed by atoms with E-state index in [1.807, 2.05) is 0 Å². The summed E-state index contributed by atoms with van der Waals surface area (Å²) in [5.41, 5.74) is 1.37. The van der Waals surface area contributed by atoms with Crippen LogP contribution in [0.5, 0.6) is 0 Å². The van der Waals surface area contributed by atoms with Crippen LogP contribution in [0.15, 0.2) is 33.8 Å². The summed E-state index contributed by atoms with van der Waals surface area (Å²) < 4.78 is 37.7. The van der Waals surface area contributed by atoms with Crippen molar-refractivity contribution in [3.05, 3.63) is 40.7 Å². The van der Waals surface area contributed by atoms with Crippen LogP contribution in [0, 0.1) is 6.92 Å². The first-order chi connectivity index (χ1) is 11.5. The van der Waals surface area contributed by atoms with Gasteiger partial charge in [-0.25, -0.2) is 13.1 Å². The minimum atomic E-state index is -3.65. The number of sulfonamides is 1. The van der Waals surface area contributed by atoms with Gasteiger partial charge in [0, 0.05) is 18.1 Å². The Morgan fingerprint density at radius 2 is 2.25 bits per heavy atom. The summed E-state index contributed by atoms with van der Waals surface area (Å²) in [5, 5.41) is 10.5. The van der Waals surface area contributed by atoms with Crippen molar-refractivity contribution < 1.29 is 17.7 Å². The number of nitrogens with one attached hydrogen (secondary N) is 2. The van der Waals surface area contributed by atoms with Crippen LogP contribution in [0.1, 0.15) is 16.3 Å². The van der Waals surface area contributed by atoms with Gasteiger partial charge in [0.1, 0.15) is 0 Å². The Kier molecular flexibility index (Phi) is 4.81. The second-order valence-electron chi connectivity index (χ2n) is 5.05. The van der Waals surface area contributed by atoms with E-state index in [4.69, 9.17) is 9.26 Å². The number of hydrogen-bond acceptors (Lipinski definition) is 7. The molecule has 0 spiro atoms. The van der Waals surface area contributed by atoms with Crippen LogP contribution in [0.3, 0.4) is 0 Å². The molecule has 0 bridgehead atoms. The van der Waals surface area contributed by atoms with E-state index in [0.29, 0.717) is 27.8 Å². The summed E-state index contributed by atoms with van der Waals surface area (Å²) in [7, 11) is -2.07. The largest absolute Gasteiger partial charge is 0.378 e. The highest BCUT2D eigenvalue weighted by Crippen LogP contribution is 2.33. The number of ether oxygens (including phenoxy) is 1. The van der Waals surface area contributed by atoms with Crippen molar-refractivity contribution in [1.82, 2.24) is 20.1 Å². The number of thiophene rings is 1. The predicted molar refractivity (Wildman–Crippen MR) is 87.9 cm³/mol. The Balaban J connectivity index is 1.75. The van der Waals surface area contributed by atoms with Crippen molar-refractivity contribution in [3.63, 3.8) is 0 Å². The van der Waals surface area contributed by atoms with Gasteiger partial charge < -0.3 is 9.26 Å². The molecule has 3 aromatic heterocycles. The molecule has 0 unspecified atom stereocenters. The van der Waals surface area contributed by atoms with E-state index >= 15 is 0 Å². The molecule has 24 heavy (non-hydrogen) atoms. The first kappa shape index (κ1) is 16.8. The predicted octanol–water partition coefficient (Wildman–Crippen LogP) is 2.06. The number of hydrogen-bond donors (Lipinski definition) is 2. The van der Waals surface area contributed by atoms with E-state index in [1.165, 1.54) is 17.5 Å². The third kappa shape index (κ3) is 3.56. The van der Waals surface area contributed by atoms with Gasteiger partial charge in [0.25, 0.3) is 0 Å². The lowest BCUT2D eigenvalue weighted by Crippen LogP contribution is -2.23. The highest BCUT2D eigenvalue weighted by Gasteiger charge is 2.21. The van der Waals surface area contributed by atoms with E-state index in [2.05, 4.69) is 20.1 Å². The zero-order valence-electron chi connectivity index (χ0n) is 13.1. The molecule has 0 atom stereocenters. The van der Waals surface area contributed by atoms with Crippen LogP contribution in [0.2, 0.25) is 0 Å². The van der Waals surface area contributed by atoms with Crippen LogP contribution in [-0.4, -0.2) is 30.9 Å². The van der Waals surface area contributed by atoms with Crippen molar-refractivity contribution in [3.8, 4) is 10.6 Å². The molecule has 3 aromatic rings. The number of aryl methyl sites for hydroxylation is 1. The molecule has 2 N–H and O–H groups in total. The van der Waals surface area contributed by atoms with Crippen LogP contribution in [0.4, 0.5) is 0 Å². The Morgan fingerprint density at radius 3 is 2.96 bits per heavy atom. The summed E-state index contributed by atoms with van der Waals surface area (Å²) >= 11 is 1.34. The maximum atomic E-state index is 12.5. The SMILES string of the molecule is COCc1cc(CNS(=O)(=O)c2cc(-c3ccno3)sc2C)n[nH]1. The van der Waals surface area contributed by atoms with E-state index < -0.39 is 10.0 Å². The van der Waals surface area contributed by atoms with Crippen molar-refractivity contribution in [1.29, 1.82) is 0 Å². The molecule has 3 heterocycles. The molecule has 0 amide bonds. The summed E-state index contributed by atoms with van der Waals surface area (Å²) in [4.78, 5) is 1.62. The van der Waals surface area contributed by atoms with Crippen LogP contribution < -0.4 is 4.72 Å². The first-order valence-electron chi connectivity index (χ1n) is 7.03. The minimum Gasteiger partial charge on any atom is -0.378 e. The Labute approximate surface area is 142 Å². The van der Waals surface area contributed by atoms with E-state index in [9.17, 15) is 8.42 Å². The molecule has 3 rings (SSSR count). The second kappa shape index (κ2) is 6.85. The van der Waals surface area contributed by atoms with Gasteiger partial charge in [-0.3, -0.25) is 5.10 Å². The fraction of sp³-hybridized carbons (Fsp3) is 0.286. The van der Waals surface area contributed by atoms with Gasteiger partial charge in [-0.1, -0.05) is 5.16 Å². The molecule has 0 aliphatic heterocycles. The molecule has 128 valence electrons. The van der Waals surface area contributed by atoms with Gasteiger partial charge >= 0.3 is 0 Å². The molecule has 0 aliphatic rings. The maximum Gasteiger partial charge on any atom is 0.242 e. The van der Waals surface area contributed by atoms with Crippen molar-refractivity contribution >= 4 is 21.4 Å². The average Bonchev–Trinajstić information content (AvgIpc) is 3.25. The number of aromatic nitrogens is 3. The van der Waals surface area contributed by atoms with Crippen molar-refractivity contribution in [2.24, 2.45) is 0 Å². The highest BCUT2D eigenvalue weighted by atomic mass is 32.2. The lowest BCUT2D eigenvalue weighted by atomic mass is 10.3. The smallest absolute Gasteiger partial charge is 0.242 e. The molecule has 8 nitrogen and oxygen atoms in total. The Morgan fingerprint density at radius 1 is 1.42 bits per heavy atom. The first-order valence-corrected chi connectivity index (χ1v) is 9.33. The van der Waals surface area contributed by atoms with Gasteiger partial charge in [-0.05, 0) is 19.1 Å². The fourth-order valence-corrected chi connectivity index (χ4v) is 4.72. The van der Waals surface area contributed by atoms with Crippen molar-refractivity contribution in [2.75, 3.05) is 7.11 Å². The average molecular weight is 368 g/mol. The minimum absolute atomic E-state index is 0.0927. The number of rotatable bonds is 7. The fourth-order valence-electron chi connectivity index (χ4n) is 2.17. The van der Waals surface area contributed by atoms with Crippen LogP contribution in [-0.2, 0) is 27.9 Å². The zero-order chi connectivity index (χ0) is 17.2. The number of nitrogens with zero attached hydrogens (tertiary/aromatic N) is 2. The topological polar surface area (TPSA) is 110 Å². The summed E-state index contributed by atoms with van der Waals surface area (Å²) in [6.07, 6.45) is 1.52. The molecule has 0 radical (unpaired) electrons. The summed E-state index contributed by atoms with van der Waals surface area (Å²) in [6.45, 7) is 2.24. The van der Waals surface area contributed by atoms with E-state index in [0.717, 1.165) is 5.69 Å². The van der Waals surface area contributed by atoms with Crippen LogP contribution in [0.25, 0.3) is 10.6 Å². The second-order valence-corrected chi connectivity index (χ2v) is 8.04. The zero-order valence-corrected chi connectivity index (χ0v) is 14.7. The lowest BCUT2D eigenvalue weighted by molar-refractivity contribution is 0.181. The van der Waals surface area contributed by atoms with Gasteiger partial charge in [0.15, 0.2) is 5.76 Å². The highest BCUT2D eigenvalue weighted by molar-refractivity contribution is 7.89. The van der Waals surface area contributed by atoms with Crippen molar-refractivity contribution in [2.45, 2.75) is 25.0 Å². The molecule has 0 saturated carbocycles. The molecule has 0 aromatic carbocycles. The third-order valence-electron chi connectivity index (χ3n) is 3.27. The number of H-pyrrole nitrogens is 1. The monoisotopic (exact) mass is 368 g/mol. The Hall–Kier alpha value is -2.01. The van der Waals surface area contributed by atoms with Gasteiger partial charge in [0.05, 0.1) is 40.5 Å². The number of aromatic amines is 1. The maximum absolute atomic E-state index is 12.5. The Bertz CT molecular complexity index is 913. The summed E-state index contributed by atoms with van der Waals surface area (Å²) in [6, 6.07) is 5.03. The normalized spacial score (nSPS) is 11.9. The lowest BCUT2D eigenvalue weighted by Gasteiger charge is -2.04. The summed E-state index contributed by atoms with van der Waals surface area (Å²) in [5.74, 6) is 0.543.